The Kier molecular flexibility index (Phi) is 408. The molecule has 0 aliphatic heterocycles. The van der Waals surface area contributed by atoms with E-state index < -0.39 is 0 Å². The minimum Gasteiger partial charge on any atom is 0 e. The fourth-order valence-corrected chi connectivity index (χ4v) is 0. The van der Waals surface area contributed by atoms with E-state index in [0.717, 1.165) is 0 Å². The van der Waals surface area contributed by atoms with Crippen LogP contribution >= 0.6 is 0 Å². The first-order valence-electron chi connectivity index (χ1n) is 0. The molecule has 0 unspecified atom stereocenters. The molecule has 0 aliphatic carbocycles. The fraction of sp³-hybridized carbons (Fsp3) is 0. The molecule has 6 heteroatoms. The van der Waals surface area contributed by atoms with Crippen molar-refractivity contribution in [3.05, 3.63) is 0 Å². The first kappa shape index (κ1) is 59.7. The molecule has 0 aromatic heterocycles. The monoisotopic (exact) mass is 276 g/mol. The molecule has 0 aromatic rings. The van der Waals surface area contributed by atoms with Crippen LogP contribution in [0.5, 0.6) is 0 Å². The molecule has 0 aromatic carbocycles. The predicted octanol–water partition coefficient (Wildman–Crippen LogP) is -1.84. The van der Waals surface area contributed by atoms with Crippen LogP contribution < -0.4 is 0 Å². The summed E-state index contributed by atoms with van der Waals surface area (Å²) in [6, 6.07) is 0. The maximum atomic E-state index is 0. The summed E-state index contributed by atoms with van der Waals surface area (Å²) in [5, 5.41) is 0. The Hall–Kier alpha value is 3.25. The van der Waals surface area contributed by atoms with E-state index in [2.05, 4.69) is 0 Å². The molecule has 0 bridgehead atoms. The van der Waals surface area contributed by atoms with Crippen LogP contribution in [0.4, 0.5) is 0 Å². The average molecular weight is 278 g/mol. The second kappa shape index (κ2) is 41.1. The van der Waals surface area contributed by atoms with Crippen LogP contribution in [0.1, 0.15) is 0 Å². The van der Waals surface area contributed by atoms with E-state index in [0.29, 0.717) is 0 Å². The van der Waals surface area contributed by atoms with Crippen molar-refractivity contribution in [2.45, 2.75) is 0 Å². The van der Waals surface area contributed by atoms with Crippen molar-refractivity contribution in [3.8, 4) is 0 Å². The van der Waals surface area contributed by atoms with E-state index in [1.807, 2.05) is 0 Å². The van der Waals surface area contributed by atoms with Crippen LogP contribution in [0.3, 0.4) is 0 Å². The quantitative estimate of drug-likeness (QED) is 0.457. The molecule has 2 radical (unpaired) electrons. The SMILES string of the molecule is B.[Cu].[Fe].[Mn].[NaH].[Zn]. The van der Waals surface area contributed by atoms with Crippen molar-refractivity contribution in [2.24, 2.45) is 0 Å². The molecule has 0 spiro atoms. The van der Waals surface area contributed by atoms with Crippen LogP contribution in [0.2, 0.25) is 0 Å². The Morgan fingerprint density at radius 3 is 1.00 bits per heavy atom. The summed E-state index contributed by atoms with van der Waals surface area (Å²) in [6.45, 7) is 0. The molecular weight excluding hydrogens is 274 g/mol. The molecule has 0 heterocycles. The Morgan fingerprint density at radius 2 is 1.00 bits per heavy atom. The van der Waals surface area contributed by atoms with Gasteiger partial charge in [-0.25, -0.2) is 0 Å². The van der Waals surface area contributed by atoms with Gasteiger partial charge in [-0.05, 0) is 0 Å². The largest absolute Gasteiger partial charge is 0 e. The van der Waals surface area contributed by atoms with Gasteiger partial charge in [-0.2, -0.15) is 0 Å². The van der Waals surface area contributed by atoms with E-state index >= 15 is 0 Å². The van der Waals surface area contributed by atoms with E-state index in [1.165, 1.54) is 0 Å². The van der Waals surface area contributed by atoms with E-state index in [4.69, 9.17) is 0 Å². The van der Waals surface area contributed by atoms with Crippen LogP contribution in [-0.4, -0.2) is 38.0 Å². The molecular formula is H4BCuFeMnNaZn. The van der Waals surface area contributed by atoms with Crippen LogP contribution in [-0.2, 0) is 70.7 Å². The Morgan fingerprint density at radius 1 is 1.00 bits per heavy atom. The summed E-state index contributed by atoms with van der Waals surface area (Å²) in [4.78, 5) is 0. The summed E-state index contributed by atoms with van der Waals surface area (Å²) in [6.07, 6.45) is 0. The molecule has 0 saturated carbocycles. The predicted molar refractivity (Wildman–Crippen MR) is 17.1 cm³/mol. The van der Waals surface area contributed by atoms with E-state index in [1.54, 1.807) is 0 Å². The summed E-state index contributed by atoms with van der Waals surface area (Å²) in [5.41, 5.74) is 0. The molecule has 0 nitrogen and oxygen atoms in total. The number of hydrogen-bond acceptors (Lipinski definition) is 0. The Balaban J connectivity index is 0. The van der Waals surface area contributed by atoms with Gasteiger partial charge in [0.05, 0.1) is 8.41 Å². The molecule has 0 fully saturated rings. The van der Waals surface area contributed by atoms with Crippen molar-refractivity contribution in [2.75, 3.05) is 0 Å². The van der Waals surface area contributed by atoms with Gasteiger partial charge >= 0.3 is 29.6 Å². The van der Waals surface area contributed by atoms with Gasteiger partial charge in [0.15, 0.2) is 0 Å². The molecule has 0 rings (SSSR count). The molecule has 0 N–H and O–H groups in total. The second-order valence-electron chi connectivity index (χ2n) is 0. The summed E-state index contributed by atoms with van der Waals surface area (Å²) in [5.74, 6) is 0. The second-order valence-corrected chi connectivity index (χ2v) is 0. The van der Waals surface area contributed by atoms with Crippen molar-refractivity contribution in [1.82, 2.24) is 0 Å². The number of rotatable bonds is 0. The van der Waals surface area contributed by atoms with Crippen molar-refractivity contribution in [1.29, 1.82) is 0 Å². The molecule has 0 aliphatic rings. The molecule has 6 heavy (non-hydrogen) atoms. The third kappa shape index (κ3) is 26.8. The van der Waals surface area contributed by atoms with Gasteiger partial charge in [0, 0.05) is 70.7 Å². The zero-order chi connectivity index (χ0) is 0. The first-order valence-corrected chi connectivity index (χ1v) is 0. The minimum atomic E-state index is 0. The third-order valence-electron chi connectivity index (χ3n) is 0. The first-order chi connectivity index (χ1) is 0. The van der Waals surface area contributed by atoms with Crippen molar-refractivity contribution < 1.29 is 70.7 Å². The van der Waals surface area contributed by atoms with Gasteiger partial charge in [0.25, 0.3) is 0 Å². The van der Waals surface area contributed by atoms with E-state index in [9.17, 15) is 0 Å². The zero-order valence-corrected chi connectivity index (χ0v) is 7.93. The minimum absolute atomic E-state index is 0. The molecule has 36 valence electrons. The van der Waals surface area contributed by atoms with Crippen LogP contribution in [0, 0.1) is 0 Å². The Bertz CT molecular complexity index is 15.5. The van der Waals surface area contributed by atoms with Gasteiger partial charge in [-0.1, -0.05) is 0 Å². The number of hydrogen-bond donors (Lipinski definition) is 0. The maximum absolute atomic E-state index is 0. The van der Waals surface area contributed by atoms with Gasteiger partial charge in [-0.15, -0.1) is 0 Å². The van der Waals surface area contributed by atoms with Gasteiger partial charge < -0.3 is 0 Å². The standard InChI is InChI=1S/BH3.Cu.Fe.Mn.Na.Zn.H/h1H3;;;;;;. The van der Waals surface area contributed by atoms with Crippen molar-refractivity contribution in [3.63, 3.8) is 0 Å². The third-order valence-corrected chi connectivity index (χ3v) is 0. The average Bonchev–Trinajstić information content (AvgIpc) is 0. The fourth-order valence-electron chi connectivity index (χ4n) is 0. The Labute approximate surface area is 107 Å². The maximum Gasteiger partial charge on any atom is 0 e. The summed E-state index contributed by atoms with van der Waals surface area (Å²) < 4.78 is 0. The topological polar surface area (TPSA) is 0 Å². The van der Waals surface area contributed by atoms with Gasteiger partial charge in [-0.3, -0.25) is 0 Å². The molecule has 0 saturated heterocycles. The molecule has 0 amide bonds. The normalized spacial score (nSPS) is 0. The summed E-state index contributed by atoms with van der Waals surface area (Å²) >= 11 is 0. The van der Waals surface area contributed by atoms with Gasteiger partial charge in [0.1, 0.15) is 0 Å². The van der Waals surface area contributed by atoms with E-state index in [-0.39, 0.29) is 109 Å². The van der Waals surface area contributed by atoms with Gasteiger partial charge in [0.2, 0.25) is 0 Å². The summed E-state index contributed by atoms with van der Waals surface area (Å²) in [7, 11) is 0. The zero-order valence-electron chi connectivity index (χ0n) is 1.74. The molecule has 0 atom stereocenters. The van der Waals surface area contributed by atoms with Crippen LogP contribution in [0.25, 0.3) is 0 Å². The van der Waals surface area contributed by atoms with Crippen molar-refractivity contribution >= 4 is 38.0 Å². The van der Waals surface area contributed by atoms with Crippen LogP contribution in [0.15, 0.2) is 0 Å². The smallest absolute Gasteiger partial charge is 0 e.